The lowest BCUT2D eigenvalue weighted by molar-refractivity contribution is -0.384. The molecule has 2 aromatic carbocycles. The number of nitrogens with zero attached hydrogens (tertiary/aromatic N) is 1. The number of nitro groups is 1. The van der Waals surface area contributed by atoms with Crippen molar-refractivity contribution < 1.29 is 14.5 Å². The molecule has 0 saturated heterocycles. The maximum atomic E-state index is 10.7. The maximum absolute atomic E-state index is 10.7. The molecule has 0 fully saturated rings. The predicted octanol–water partition coefficient (Wildman–Crippen LogP) is 4.71. The van der Waals surface area contributed by atoms with E-state index in [0.29, 0.717) is 5.75 Å². The lowest BCUT2D eigenvalue weighted by atomic mass is 10.2. The van der Waals surface area contributed by atoms with Gasteiger partial charge in [0.2, 0.25) is 5.24 Å². The first-order valence-corrected chi connectivity index (χ1v) is 7.66. The zero-order valence-electron chi connectivity index (χ0n) is 11.7. The molecule has 0 unspecified atom stereocenters. The van der Waals surface area contributed by atoms with Crippen LogP contribution in [0.5, 0.6) is 5.75 Å². The van der Waals surface area contributed by atoms with Gasteiger partial charge in [0.25, 0.3) is 5.69 Å². The van der Waals surface area contributed by atoms with E-state index in [1.807, 2.05) is 0 Å². The molecule has 0 aliphatic carbocycles. The highest BCUT2D eigenvalue weighted by Gasteiger charge is 2.06. The normalized spacial score (nSPS) is 10.7. The number of carbonyl (C=O) groups is 1. The van der Waals surface area contributed by atoms with Crippen LogP contribution >= 0.6 is 27.5 Å². The van der Waals surface area contributed by atoms with Gasteiger partial charge < -0.3 is 4.74 Å². The Morgan fingerprint density at radius 1 is 1.26 bits per heavy atom. The van der Waals surface area contributed by atoms with Gasteiger partial charge in [0.15, 0.2) is 0 Å². The molecule has 0 aliphatic heterocycles. The Labute approximate surface area is 145 Å². The third-order valence-electron chi connectivity index (χ3n) is 2.90. The van der Waals surface area contributed by atoms with Crippen molar-refractivity contribution in [3.8, 4) is 5.75 Å². The number of ether oxygens (including phenoxy) is 1. The predicted molar refractivity (Wildman–Crippen MR) is 91.5 cm³/mol. The number of rotatable bonds is 6. The van der Waals surface area contributed by atoms with Gasteiger partial charge in [-0.1, -0.05) is 12.1 Å². The third-order valence-corrected chi connectivity index (χ3v) is 3.65. The van der Waals surface area contributed by atoms with Gasteiger partial charge in [0.1, 0.15) is 12.4 Å². The summed E-state index contributed by atoms with van der Waals surface area (Å²) in [5, 5.41) is 10.1. The van der Waals surface area contributed by atoms with Crippen LogP contribution in [0.2, 0.25) is 0 Å². The number of benzene rings is 2. The van der Waals surface area contributed by atoms with Gasteiger partial charge in [0, 0.05) is 12.1 Å². The molecule has 0 aromatic heterocycles. The van der Waals surface area contributed by atoms with Crippen molar-refractivity contribution >= 4 is 44.5 Å². The standard InChI is InChI=1S/C16H11BrClNO4/c17-14-9-11(4-8-16(18)20)3-7-15(14)23-10-12-1-5-13(6-2-12)19(21)22/h1-9H,10H2/b8-4+. The number of nitro benzene ring substituents is 1. The Balaban J connectivity index is 2.03. The molecule has 7 heteroatoms. The van der Waals surface area contributed by atoms with E-state index in [1.165, 1.54) is 18.2 Å². The van der Waals surface area contributed by atoms with Crippen molar-refractivity contribution in [1.82, 2.24) is 0 Å². The molecule has 0 atom stereocenters. The second-order valence-electron chi connectivity index (χ2n) is 4.54. The monoisotopic (exact) mass is 395 g/mol. The number of hydrogen-bond donors (Lipinski definition) is 0. The van der Waals surface area contributed by atoms with Gasteiger partial charge >= 0.3 is 0 Å². The maximum Gasteiger partial charge on any atom is 0.269 e. The number of allylic oxidation sites excluding steroid dienone is 1. The second kappa shape index (κ2) is 7.89. The molecule has 0 N–H and O–H groups in total. The topological polar surface area (TPSA) is 69.4 Å². The summed E-state index contributed by atoms with van der Waals surface area (Å²) in [5.74, 6) is 0.623. The van der Waals surface area contributed by atoms with Crippen LogP contribution in [0, 0.1) is 10.1 Å². The summed E-state index contributed by atoms with van der Waals surface area (Å²) in [7, 11) is 0. The molecule has 0 heterocycles. The largest absolute Gasteiger partial charge is 0.488 e. The Morgan fingerprint density at radius 2 is 1.96 bits per heavy atom. The molecule has 5 nitrogen and oxygen atoms in total. The van der Waals surface area contributed by atoms with Crippen LogP contribution in [-0.2, 0) is 11.4 Å². The van der Waals surface area contributed by atoms with E-state index in [1.54, 1.807) is 36.4 Å². The van der Waals surface area contributed by atoms with E-state index >= 15 is 0 Å². The fraction of sp³-hybridized carbons (Fsp3) is 0.0625. The Bertz CT molecular complexity index is 759. The van der Waals surface area contributed by atoms with Crippen molar-refractivity contribution in [1.29, 1.82) is 0 Å². The summed E-state index contributed by atoms with van der Waals surface area (Å²) in [6.45, 7) is 0.284. The molecule has 0 radical (unpaired) electrons. The van der Waals surface area contributed by atoms with Crippen LogP contribution in [0.4, 0.5) is 5.69 Å². The molecule has 0 aliphatic rings. The van der Waals surface area contributed by atoms with Crippen molar-refractivity contribution in [2.24, 2.45) is 0 Å². The van der Waals surface area contributed by atoms with Gasteiger partial charge in [-0.05, 0) is 69.0 Å². The first-order chi connectivity index (χ1) is 11.0. The molecular formula is C16H11BrClNO4. The van der Waals surface area contributed by atoms with Gasteiger partial charge in [0.05, 0.1) is 9.40 Å². The third kappa shape index (κ3) is 5.19. The Kier molecular flexibility index (Phi) is 5.90. The van der Waals surface area contributed by atoms with Crippen LogP contribution in [0.15, 0.2) is 53.0 Å². The number of hydrogen-bond acceptors (Lipinski definition) is 4. The lowest BCUT2D eigenvalue weighted by Gasteiger charge is -2.09. The fourth-order valence-corrected chi connectivity index (χ4v) is 2.35. The number of non-ortho nitro benzene ring substituents is 1. The highest BCUT2D eigenvalue weighted by molar-refractivity contribution is 9.10. The quantitative estimate of drug-likeness (QED) is 0.307. The molecule has 23 heavy (non-hydrogen) atoms. The van der Waals surface area contributed by atoms with Crippen LogP contribution in [0.25, 0.3) is 6.08 Å². The minimum absolute atomic E-state index is 0.0416. The zero-order valence-corrected chi connectivity index (χ0v) is 14.1. The zero-order chi connectivity index (χ0) is 16.8. The minimum Gasteiger partial charge on any atom is -0.488 e. The van der Waals surface area contributed by atoms with Crippen LogP contribution in [-0.4, -0.2) is 10.2 Å². The molecule has 0 spiro atoms. The molecule has 2 rings (SSSR count). The van der Waals surface area contributed by atoms with E-state index < -0.39 is 10.2 Å². The van der Waals surface area contributed by atoms with E-state index in [0.717, 1.165) is 15.6 Å². The minimum atomic E-state index is -0.542. The summed E-state index contributed by atoms with van der Waals surface area (Å²) in [6, 6.07) is 11.5. The van der Waals surface area contributed by atoms with Crippen molar-refractivity contribution in [2.45, 2.75) is 6.61 Å². The second-order valence-corrected chi connectivity index (χ2v) is 5.77. The molecule has 0 amide bonds. The first kappa shape index (κ1) is 17.2. The molecule has 0 saturated carbocycles. The molecular weight excluding hydrogens is 386 g/mol. The average molecular weight is 397 g/mol. The number of halogens is 2. The van der Waals surface area contributed by atoms with E-state index in [2.05, 4.69) is 15.9 Å². The van der Waals surface area contributed by atoms with E-state index in [4.69, 9.17) is 16.3 Å². The van der Waals surface area contributed by atoms with Crippen LogP contribution in [0.3, 0.4) is 0 Å². The lowest BCUT2D eigenvalue weighted by Crippen LogP contribution is -1.97. The van der Waals surface area contributed by atoms with Crippen molar-refractivity contribution in [3.63, 3.8) is 0 Å². The SMILES string of the molecule is O=C(Cl)/C=C/c1ccc(OCc2ccc([N+](=O)[O-])cc2)c(Br)c1. The number of carbonyl (C=O) groups excluding carboxylic acids is 1. The molecule has 118 valence electrons. The first-order valence-electron chi connectivity index (χ1n) is 6.49. The Morgan fingerprint density at radius 3 is 2.52 bits per heavy atom. The van der Waals surface area contributed by atoms with Gasteiger partial charge in [-0.3, -0.25) is 14.9 Å². The fourth-order valence-electron chi connectivity index (χ4n) is 1.77. The van der Waals surface area contributed by atoms with Crippen LogP contribution < -0.4 is 4.74 Å². The van der Waals surface area contributed by atoms with Gasteiger partial charge in [-0.2, -0.15) is 0 Å². The van der Waals surface area contributed by atoms with E-state index in [-0.39, 0.29) is 12.3 Å². The van der Waals surface area contributed by atoms with E-state index in [9.17, 15) is 14.9 Å². The van der Waals surface area contributed by atoms with Crippen molar-refractivity contribution in [3.05, 3.63) is 74.3 Å². The summed E-state index contributed by atoms with van der Waals surface area (Å²) in [6.07, 6.45) is 2.86. The molecule has 2 aromatic rings. The van der Waals surface area contributed by atoms with Crippen LogP contribution in [0.1, 0.15) is 11.1 Å². The van der Waals surface area contributed by atoms with Crippen molar-refractivity contribution in [2.75, 3.05) is 0 Å². The summed E-state index contributed by atoms with van der Waals surface area (Å²) >= 11 is 8.63. The van der Waals surface area contributed by atoms with Gasteiger partial charge in [-0.15, -0.1) is 0 Å². The summed E-state index contributed by atoms with van der Waals surface area (Å²) in [5.41, 5.74) is 1.66. The summed E-state index contributed by atoms with van der Waals surface area (Å²) < 4.78 is 6.40. The average Bonchev–Trinajstić information content (AvgIpc) is 2.52. The smallest absolute Gasteiger partial charge is 0.269 e. The highest BCUT2D eigenvalue weighted by Crippen LogP contribution is 2.27. The summed E-state index contributed by atoms with van der Waals surface area (Å²) in [4.78, 5) is 20.8. The molecule has 0 bridgehead atoms. The highest BCUT2D eigenvalue weighted by atomic mass is 79.9. The van der Waals surface area contributed by atoms with Gasteiger partial charge in [-0.25, -0.2) is 0 Å². The Hall–Kier alpha value is -2.18.